The lowest BCUT2D eigenvalue weighted by Gasteiger charge is -2.14. The first-order valence-corrected chi connectivity index (χ1v) is 7.66. The van der Waals surface area contributed by atoms with Crippen LogP contribution in [0.3, 0.4) is 0 Å². The minimum absolute atomic E-state index is 0.202. The summed E-state index contributed by atoms with van der Waals surface area (Å²) >= 11 is 9.70. The molecule has 0 nitrogen and oxygen atoms in total. The fraction of sp³-hybridized carbons (Fsp3) is 0.250. The Labute approximate surface area is 125 Å². The van der Waals surface area contributed by atoms with Gasteiger partial charge < -0.3 is 0 Å². The maximum atomic E-state index is 13.9. The molecule has 1 aliphatic rings. The molecule has 0 aromatic heterocycles. The first-order valence-electron chi connectivity index (χ1n) is 6.36. The Balaban J connectivity index is 2.02. The van der Waals surface area contributed by atoms with Crippen LogP contribution in [0.1, 0.15) is 33.5 Å². The molecule has 0 saturated heterocycles. The lowest BCUT2D eigenvalue weighted by molar-refractivity contribution is 0.613. The van der Waals surface area contributed by atoms with E-state index in [4.69, 9.17) is 11.6 Å². The minimum Gasteiger partial charge on any atom is -0.207 e. The minimum atomic E-state index is -0.269. The zero-order valence-electron chi connectivity index (χ0n) is 10.3. The van der Waals surface area contributed by atoms with Crippen molar-refractivity contribution in [3.05, 3.63) is 69.5 Å². The van der Waals surface area contributed by atoms with Crippen LogP contribution in [0.2, 0.25) is 5.02 Å². The van der Waals surface area contributed by atoms with Gasteiger partial charge in [-0.3, -0.25) is 0 Å². The van der Waals surface area contributed by atoms with Crippen LogP contribution < -0.4 is 0 Å². The predicted octanol–water partition coefficient (Wildman–Crippen LogP) is 5.45. The standard InChI is InChI=1S/C16H13BrClF/c17-16(15-13(18)5-2-6-14(15)19)12-8-7-10-3-1-4-11(10)9-12/h2,5-9,16H,1,3-4H2. The molecule has 3 rings (SSSR count). The Hall–Kier alpha value is -0.860. The fourth-order valence-electron chi connectivity index (χ4n) is 2.67. The molecule has 0 heterocycles. The van der Waals surface area contributed by atoms with Crippen LogP contribution in [-0.2, 0) is 12.8 Å². The highest BCUT2D eigenvalue weighted by Crippen LogP contribution is 2.38. The lowest BCUT2D eigenvalue weighted by atomic mass is 10.00. The summed E-state index contributed by atoms with van der Waals surface area (Å²) < 4.78 is 13.9. The Morgan fingerprint density at radius 2 is 1.89 bits per heavy atom. The Morgan fingerprint density at radius 3 is 2.68 bits per heavy atom. The molecule has 0 spiro atoms. The molecule has 0 fully saturated rings. The van der Waals surface area contributed by atoms with Gasteiger partial charge in [0.1, 0.15) is 5.82 Å². The number of hydrogen-bond donors (Lipinski definition) is 0. The number of rotatable bonds is 2. The van der Waals surface area contributed by atoms with Gasteiger partial charge in [0, 0.05) is 10.6 Å². The zero-order valence-corrected chi connectivity index (χ0v) is 12.6. The molecule has 0 N–H and O–H groups in total. The van der Waals surface area contributed by atoms with Crippen LogP contribution in [0, 0.1) is 5.82 Å². The topological polar surface area (TPSA) is 0 Å². The van der Waals surface area contributed by atoms with Crippen LogP contribution in [0.5, 0.6) is 0 Å². The molecule has 98 valence electrons. The maximum absolute atomic E-state index is 13.9. The highest BCUT2D eigenvalue weighted by atomic mass is 79.9. The van der Waals surface area contributed by atoms with Crippen molar-refractivity contribution in [2.45, 2.75) is 24.1 Å². The van der Waals surface area contributed by atoms with Crippen molar-refractivity contribution in [2.75, 3.05) is 0 Å². The number of hydrogen-bond acceptors (Lipinski definition) is 0. The van der Waals surface area contributed by atoms with E-state index < -0.39 is 0 Å². The Kier molecular flexibility index (Phi) is 3.64. The van der Waals surface area contributed by atoms with Crippen molar-refractivity contribution in [2.24, 2.45) is 0 Å². The van der Waals surface area contributed by atoms with E-state index in [-0.39, 0.29) is 10.6 Å². The molecular formula is C16H13BrClF. The van der Waals surface area contributed by atoms with Gasteiger partial charge in [0.2, 0.25) is 0 Å². The predicted molar refractivity (Wildman–Crippen MR) is 80.6 cm³/mol. The van der Waals surface area contributed by atoms with Gasteiger partial charge in [0.25, 0.3) is 0 Å². The number of benzene rings is 2. The van der Waals surface area contributed by atoms with Gasteiger partial charge in [0.15, 0.2) is 0 Å². The second-order valence-corrected chi connectivity index (χ2v) is 6.20. The van der Waals surface area contributed by atoms with Gasteiger partial charge in [-0.1, -0.05) is 51.8 Å². The number of halogens is 3. The normalized spacial score (nSPS) is 15.3. The van der Waals surface area contributed by atoms with Gasteiger partial charge in [-0.05, 0) is 48.1 Å². The van der Waals surface area contributed by atoms with Gasteiger partial charge in [-0.2, -0.15) is 0 Å². The summed E-state index contributed by atoms with van der Waals surface area (Å²) in [5, 5.41) is 0.461. The molecule has 1 atom stereocenters. The van der Waals surface area contributed by atoms with Crippen molar-refractivity contribution in [1.29, 1.82) is 0 Å². The molecule has 1 aliphatic carbocycles. The lowest BCUT2D eigenvalue weighted by Crippen LogP contribution is -1.99. The molecule has 2 aromatic carbocycles. The van der Waals surface area contributed by atoms with E-state index in [1.165, 1.54) is 23.6 Å². The molecule has 3 heteroatoms. The summed E-state index contributed by atoms with van der Waals surface area (Å²) in [7, 11) is 0. The second-order valence-electron chi connectivity index (χ2n) is 4.88. The average Bonchev–Trinajstić information content (AvgIpc) is 2.85. The summed E-state index contributed by atoms with van der Waals surface area (Å²) in [6, 6.07) is 11.2. The smallest absolute Gasteiger partial charge is 0.129 e. The summed E-state index contributed by atoms with van der Waals surface area (Å²) in [6.45, 7) is 0. The van der Waals surface area contributed by atoms with Gasteiger partial charge in [-0.25, -0.2) is 4.39 Å². The summed E-state index contributed by atoms with van der Waals surface area (Å²) in [4.78, 5) is -0.202. The van der Waals surface area contributed by atoms with E-state index in [9.17, 15) is 4.39 Å². The first kappa shape index (κ1) is 13.1. The van der Waals surface area contributed by atoms with Gasteiger partial charge >= 0.3 is 0 Å². The Morgan fingerprint density at radius 1 is 1.11 bits per heavy atom. The van der Waals surface area contributed by atoms with E-state index in [1.54, 1.807) is 12.1 Å². The van der Waals surface area contributed by atoms with Crippen molar-refractivity contribution < 1.29 is 4.39 Å². The third kappa shape index (κ3) is 2.44. The van der Waals surface area contributed by atoms with E-state index in [0.717, 1.165) is 18.4 Å². The molecule has 0 radical (unpaired) electrons. The number of alkyl halides is 1. The third-order valence-corrected chi connectivity index (χ3v) is 4.98. The quantitative estimate of drug-likeness (QED) is 0.638. The van der Waals surface area contributed by atoms with Crippen LogP contribution in [0.15, 0.2) is 36.4 Å². The summed E-state index contributed by atoms with van der Waals surface area (Å²) in [6.07, 6.45) is 3.49. The highest BCUT2D eigenvalue weighted by molar-refractivity contribution is 9.09. The molecule has 19 heavy (non-hydrogen) atoms. The van der Waals surface area contributed by atoms with Crippen LogP contribution >= 0.6 is 27.5 Å². The molecule has 2 aromatic rings. The van der Waals surface area contributed by atoms with Crippen molar-refractivity contribution in [3.63, 3.8) is 0 Å². The second kappa shape index (κ2) is 5.26. The van der Waals surface area contributed by atoms with Crippen molar-refractivity contribution >= 4 is 27.5 Å². The summed E-state index contributed by atoms with van der Waals surface area (Å²) in [5.41, 5.74) is 4.38. The van der Waals surface area contributed by atoms with E-state index >= 15 is 0 Å². The zero-order chi connectivity index (χ0) is 13.4. The highest BCUT2D eigenvalue weighted by Gasteiger charge is 2.20. The molecule has 0 saturated carbocycles. The molecule has 1 unspecified atom stereocenters. The Bertz CT molecular complexity index is 604. The molecule has 0 amide bonds. The van der Waals surface area contributed by atoms with E-state index in [2.05, 4.69) is 34.1 Å². The fourth-order valence-corrected chi connectivity index (χ4v) is 3.82. The van der Waals surface area contributed by atoms with E-state index in [0.29, 0.717) is 10.6 Å². The maximum Gasteiger partial charge on any atom is 0.129 e. The number of fused-ring (bicyclic) bond motifs is 1. The van der Waals surface area contributed by atoms with Crippen molar-refractivity contribution in [3.8, 4) is 0 Å². The van der Waals surface area contributed by atoms with Gasteiger partial charge in [0.05, 0.1) is 4.83 Å². The van der Waals surface area contributed by atoms with Gasteiger partial charge in [-0.15, -0.1) is 0 Å². The SMILES string of the molecule is Fc1cccc(Cl)c1C(Br)c1ccc2c(c1)CCC2. The first-order chi connectivity index (χ1) is 9.16. The number of aryl methyl sites for hydroxylation is 2. The largest absolute Gasteiger partial charge is 0.207 e. The molecular weight excluding hydrogens is 327 g/mol. The third-order valence-electron chi connectivity index (χ3n) is 3.67. The monoisotopic (exact) mass is 338 g/mol. The molecule has 0 aliphatic heterocycles. The van der Waals surface area contributed by atoms with E-state index in [1.807, 2.05) is 0 Å². The average molecular weight is 340 g/mol. The van der Waals surface area contributed by atoms with Crippen LogP contribution in [0.4, 0.5) is 4.39 Å². The van der Waals surface area contributed by atoms with Crippen molar-refractivity contribution in [1.82, 2.24) is 0 Å². The summed E-state index contributed by atoms with van der Waals surface area (Å²) in [5.74, 6) is -0.269. The van der Waals surface area contributed by atoms with Crippen LogP contribution in [-0.4, -0.2) is 0 Å². The van der Waals surface area contributed by atoms with Crippen LogP contribution in [0.25, 0.3) is 0 Å². The molecule has 0 bridgehead atoms.